The molecular weight excluding hydrogens is 600 g/mol. The molecule has 0 saturated heterocycles. The highest BCUT2D eigenvalue weighted by Gasteiger charge is 2.37. The average molecular weight is 639 g/mol. The Labute approximate surface area is 273 Å². The van der Waals surface area contributed by atoms with Gasteiger partial charge in [-0.05, 0) is 49.6 Å². The van der Waals surface area contributed by atoms with Gasteiger partial charge in [0.15, 0.2) is 17.3 Å². The highest BCUT2D eigenvalue weighted by molar-refractivity contribution is 5.89. The Kier molecular flexibility index (Phi) is 8.76. The van der Waals surface area contributed by atoms with Gasteiger partial charge in [-0.1, -0.05) is 42.0 Å². The molecule has 1 aliphatic heterocycles. The number of aryl methyl sites for hydroxylation is 1. The molecule has 1 aliphatic rings. The molecule has 0 atom stereocenters. The number of hydrogen-bond donors (Lipinski definition) is 2. The quantitative estimate of drug-likeness (QED) is 0.135. The maximum absolute atomic E-state index is 14.2. The minimum atomic E-state index is -0.563. The molecular formula is C37H38N2O8. The fraction of sp³-hybridized carbons (Fsp3) is 0.270. The van der Waals surface area contributed by atoms with E-state index in [-0.39, 0.29) is 34.5 Å². The van der Waals surface area contributed by atoms with Gasteiger partial charge >= 0.3 is 0 Å². The molecule has 0 radical (unpaired) electrons. The molecule has 1 aromatic heterocycles. The van der Waals surface area contributed by atoms with Crippen molar-refractivity contribution in [3.63, 3.8) is 0 Å². The van der Waals surface area contributed by atoms with Gasteiger partial charge in [0.1, 0.15) is 28.1 Å². The van der Waals surface area contributed by atoms with E-state index in [2.05, 4.69) is 54.0 Å². The largest absolute Gasteiger partial charge is 0.496 e. The number of rotatable bonds is 12. The Hall–Kier alpha value is -5.51. The summed E-state index contributed by atoms with van der Waals surface area (Å²) in [6.07, 6.45) is 1.25. The van der Waals surface area contributed by atoms with E-state index in [1.807, 2.05) is 12.1 Å². The van der Waals surface area contributed by atoms with Crippen LogP contribution < -0.4 is 44.5 Å². The predicted molar refractivity (Wildman–Crippen MR) is 182 cm³/mol. The second-order valence-electron chi connectivity index (χ2n) is 11.2. The van der Waals surface area contributed by atoms with Gasteiger partial charge in [0.2, 0.25) is 16.9 Å². The second-order valence-corrected chi connectivity index (χ2v) is 11.2. The lowest BCUT2D eigenvalue weighted by Crippen LogP contribution is -2.39. The van der Waals surface area contributed by atoms with Gasteiger partial charge in [-0.15, -0.1) is 0 Å². The zero-order valence-corrected chi connectivity index (χ0v) is 27.3. The zero-order valence-electron chi connectivity index (χ0n) is 27.3. The van der Waals surface area contributed by atoms with Gasteiger partial charge in [0.25, 0.3) is 0 Å². The average Bonchev–Trinajstić information content (AvgIpc) is 3.49. The first-order valence-corrected chi connectivity index (χ1v) is 15.2. The van der Waals surface area contributed by atoms with Crippen LogP contribution in [0.15, 0.2) is 82.0 Å². The van der Waals surface area contributed by atoms with E-state index in [9.17, 15) is 4.79 Å². The molecule has 0 saturated carbocycles. The summed E-state index contributed by atoms with van der Waals surface area (Å²) in [6, 6.07) is 23.3. The Morgan fingerprint density at radius 1 is 0.723 bits per heavy atom. The minimum absolute atomic E-state index is 0.0375. The topological polar surface area (TPSA) is 110 Å². The Morgan fingerprint density at radius 2 is 1.40 bits per heavy atom. The lowest BCUT2D eigenvalue weighted by atomic mass is 9.93. The third kappa shape index (κ3) is 5.82. The molecule has 0 aliphatic carbocycles. The maximum Gasteiger partial charge on any atom is 0.239 e. The van der Waals surface area contributed by atoms with Crippen LogP contribution in [-0.4, -0.2) is 42.2 Å². The van der Waals surface area contributed by atoms with Crippen molar-refractivity contribution in [1.82, 2.24) is 0 Å². The summed E-state index contributed by atoms with van der Waals surface area (Å²) >= 11 is 0. The van der Waals surface area contributed by atoms with Crippen molar-refractivity contribution in [2.75, 3.05) is 52.8 Å². The molecule has 0 fully saturated rings. The summed E-state index contributed by atoms with van der Waals surface area (Å²) in [5, 5.41) is 7.66. The van der Waals surface area contributed by atoms with E-state index in [1.54, 1.807) is 24.3 Å². The molecule has 5 aromatic rings. The highest BCUT2D eigenvalue weighted by atomic mass is 16.5. The number of para-hydroxylation sites is 2. The van der Waals surface area contributed by atoms with E-state index in [0.717, 1.165) is 22.5 Å². The molecule has 2 N–H and O–H groups in total. The van der Waals surface area contributed by atoms with Crippen LogP contribution in [0.3, 0.4) is 0 Å². The molecule has 10 heteroatoms. The van der Waals surface area contributed by atoms with Crippen molar-refractivity contribution < 1.29 is 32.8 Å². The summed E-state index contributed by atoms with van der Waals surface area (Å²) < 4.78 is 40.5. The number of anilines is 2. The van der Waals surface area contributed by atoms with Gasteiger partial charge in [-0.3, -0.25) is 4.79 Å². The van der Waals surface area contributed by atoms with Crippen LogP contribution in [0.5, 0.6) is 34.5 Å². The monoisotopic (exact) mass is 638 g/mol. The van der Waals surface area contributed by atoms with E-state index >= 15 is 0 Å². The van der Waals surface area contributed by atoms with Crippen molar-refractivity contribution >= 4 is 22.3 Å². The van der Waals surface area contributed by atoms with Crippen molar-refractivity contribution in [3.8, 4) is 45.8 Å². The van der Waals surface area contributed by atoms with Crippen LogP contribution in [-0.2, 0) is 5.66 Å². The number of hydrogen-bond acceptors (Lipinski definition) is 10. The van der Waals surface area contributed by atoms with E-state index in [4.69, 9.17) is 32.8 Å². The smallest absolute Gasteiger partial charge is 0.239 e. The maximum atomic E-state index is 14.2. The number of ether oxygens (including phenoxy) is 6. The van der Waals surface area contributed by atoms with Gasteiger partial charge in [0, 0.05) is 17.7 Å². The van der Waals surface area contributed by atoms with Gasteiger partial charge < -0.3 is 43.5 Å². The summed E-state index contributed by atoms with van der Waals surface area (Å²) in [5.41, 5.74) is 4.15. The lowest BCUT2D eigenvalue weighted by molar-refractivity contribution is 0.286. The van der Waals surface area contributed by atoms with E-state index < -0.39 is 5.66 Å². The second kappa shape index (κ2) is 13.1. The summed E-state index contributed by atoms with van der Waals surface area (Å²) in [5.74, 6) is 2.23. The molecule has 0 amide bonds. The van der Waals surface area contributed by atoms with Crippen LogP contribution >= 0.6 is 0 Å². The molecule has 244 valence electrons. The normalized spacial score (nSPS) is 12.9. The Balaban J connectivity index is 1.39. The molecule has 0 spiro atoms. The van der Waals surface area contributed by atoms with Crippen LogP contribution in [0.2, 0.25) is 0 Å². The first-order chi connectivity index (χ1) is 22.8. The third-order valence-electron chi connectivity index (χ3n) is 8.35. The van der Waals surface area contributed by atoms with Gasteiger partial charge in [-0.2, -0.15) is 0 Å². The summed E-state index contributed by atoms with van der Waals surface area (Å²) in [4.78, 5) is 14.2. The Morgan fingerprint density at radius 3 is 2.00 bits per heavy atom. The number of methoxy groups -OCH3 is 5. The SMILES string of the molecule is COc1cc(OC)c2c(=O)c(OCCCC3(c4cccc(C)c4)Nc4ccccc4N3)c(-c3cc(OC)c(OC)c(OC)c3)oc2c1. The van der Waals surface area contributed by atoms with E-state index in [0.29, 0.717) is 47.2 Å². The number of nitrogens with one attached hydrogen (secondary N) is 2. The Bertz CT molecular complexity index is 1940. The van der Waals surface area contributed by atoms with Gasteiger partial charge in [-0.25, -0.2) is 0 Å². The van der Waals surface area contributed by atoms with Crippen molar-refractivity contribution in [2.24, 2.45) is 0 Å². The zero-order chi connectivity index (χ0) is 33.1. The fourth-order valence-corrected chi connectivity index (χ4v) is 6.08. The highest BCUT2D eigenvalue weighted by Crippen LogP contribution is 2.45. The molecule has 0 bridgehead atoms. The number of benzene rings is 4. The molecule has 10 nitrogen and oxygen atoms in total. The van der Waals surface area contributed by atoms with Crippen molar-refractivity contribution in [2.45, 2.75) is 25.4 Å². The summed E-state index contributed by atoms with van der Waals surface area (Å²) in [6.45, 7) is 2.30. The van der Waals surface area contributed by atoms with E-state index in [1.165, 1.54) is 35.5 Å². The molecule has 4 aromatic carbocycles. The third-order valence-corrected chi connectivity index (χ3v) is 8.35. The first-order valence-electron chi connectivity index (χ1n) is 15.2. The van der Waals surface area contributed by atoms with Crippen molar-refractivity contribution in [1.29, 1.82) is 0 Å². The standard InChI is InChI=1S/C37H38N2O8/c1-22-11-9-12-24(17-22)37(38-26-13-7-8-14-27(26)39-37)15-10-16-46-36-33(40)32-28(42-3)20-25(41-2)21-29(32)47-34(36)23-18-30(43-4)35(45-6)31(19-23)44-5/h7-9,11-14,17-21,38-39H,10,15-16H2,1-6H3. The van der Waals surface area contributed by atoms with Crippen LogP contribution in [0, 0.1) is 6.92 Å². The lowest BCUT2D eigenvalue weighted by Gasteiger charge is -2.32. The van der Waals surface area contributed by atoms with Crippen molar-refractivity contribution in [3.05, 3.63) is 94.1 Å². The minimum Gasteiger partial charge on any atom is -0.496 e. The van der Waals surface area contributed by atoms with Crippen LogP contribution in [0.1, 0.15) is 24.0 Å². The summed E-state index contributed by atoms with van der Waals surface area (Å²) in [7, 11) is 7.61. The predicted octanol–water partition coefficient (Wildman–Crippen LogP) is 7.36. The number of fused-ring (bicyclic) bond motifs is 2. The molecule has 0 unspecified atom stereocenters. The fourth-order valence-electron chi connectivity index (χ4n) is 6.08. The van der Waals surface area contributed by atoms with Crippen LogP contribution in [0.25, 0.3) is 22.3 Å². The molecule has 6 rings (SSSR count). The molecule has 2 heterocycles. The first kappa shape index (κ1) is 31.5. The molecule has 47 heavy (non-hydrogen) atoms. The van der Waals surface area contributed by atoms with Crippen LogP contribution in [0.4, 0.5) is 11.4 Å². The van der Waals surface area contributed by atoms with Gasteiger partial charge in [0.05, 0.1) is 53.5 Å².